The summed E-state index contributed by atoms with van der Waals surface area (Å²) in [5.74, 6) is 0.570. The number of amides is 1. The van der Waals surface area contributed by atoms with Gasteiger partial charge in [0.1, 0.15) is 5.82 Å². The zero-order valence-electron chi connectivity index (χ0n) is 15.2. The van der Waals surface area contributed by atoms with Gasteiger partial charge in [-0.1, -0.05) is 23.4 Å². The number of hydrogen-bond acceptors (Lipinski definition) is 7. The highest BCUT2D eigenvalue weighted by Crippen LogP contribution is 2.21. The first kappa shape index (κ1) is 18.7. The molecule has 0 radical (unpaired) electrons. The van der Waals surface area contributed by atoms with Crippen LogP contribution in [0.4, 0.5) is 10.1 Å². The van der Waals surface area contributed by atoms with Crippen LogP contribution in [-0.4, -0.2) is 58.6 Å². The highest BCUT2D eigenvalue weighted by Gasteiger charge is 2.21. The van der Waals surface area contributed by atoms with Crippen molar-refractivity contribution in [2.75, 3.05) is 38.0 Å². The molecule has 28 heavy (non-hydrogen) atoms. The monoisotopic (exact) mass is 401 g/mol. The Labute approximate surface area is 165 Å². The first-order valence-corrected chi connectivity index (χ1v) is 9.91. The second-order valence-electron chi connectivity index (χ2n) is 6.57. The molecule has 3 heterocycles. The molecule has 0 bridgehead atoms. The summed E-state index contributed by atoms with van der Waals surface area (Å²) in [5.41, 5.74) is 0.212. The molecule has 4 rings (SSSR count). The van der Waals surface area contributed by atoms with Gasteiger partial charge in [-0.15, -0.1) is 11.3 Å². The minimum absolute atomic E-state index is 0.212. The number of piperazine rings is 1. The fraction of sp³-hybridized carbons (Fsp3) is 0.316. The minimum Gasteiger partial charge on any atom is -0.338 e. The predicted octanol–water partition coefficient (Wildman–Crippen LogP) is 2.69. The summed E-state index contributed by atoms with van der Waals surface area (Å²) < 4.78 is 19.0. The van der Waals surface area contributed by atoms with Gasteiger partial charge in [0.05, 0.1) is 23.7 Å². The fourth-order valence-electron chi connectivity index (χ4n) is 3.08. The molecule has 1 amide bonds. The molecular formula is C19H20FN5O2S. The number of aromatic nitrogens is 2. The molecule has 7 nitrogen and oxygen atoms in total. The number of carbonyl (C=O) groups excluding carboxylic acids is 1. The summed E-state index contributed by atoms with van der Waals surface area (Å²) in [6.45, 7) is 3.92. The van der Waals surface area contributed by atoms with Crippen LogP contribution in [0.1, 0.15) is 5.89 Å². The molecule has 0 spiro atoms. The third-order valence-electron chi connectivity index (χ3n) is 4.55. The highest BCUT2D eigenvalue weighted by atomic mass is 32.1. The largest absolute Gasteiger partial charge is 0.338 e. The molecule has 9 heteroatoms. The molecule has 0 saturated carbocycles. The Kier molecular flexibility index (Phi) is 5.75. The van der Waals surface area contributed by atoms with Crippen LogP contribution in [0.15, 0.2) is 46.3 Å². The standard InChI is InChI=1S/C19H20FN5O2S/c20-14-4-1-2-5-15(14)21-17(26)12-24-7-9-25(10-8-24)13-18-22-19(23-27-18)16-6-3-11-28-16/h1-6,11H,7-10,12-13H2,(H,21,26). The number of anilines is 1. The molecule has 3 aromatic rings. The van der Waals surface area contributed by atoms with Gasteiger partial charge in [-0.3, -0.25) is 14.6 Å². The third kappa shape index (κ3) is 4.61. The number of carbonyl (C=O) groups is 1. The van der Waals surface area contributed by atoms with E-state index in [1.165, 1.54) is 6.07 Å². The van der Waals surface area contributed by atoms with Gasteiger partial charge in [0.15, 0.2) is 0 Å². The van der Waals surface area contributed by atoms with E-state index in [0.717, 1.165) is 31.1 Å². The van der Waals surface area contributed by atoms with Crippen molar-refractivity contribution in [2.45, 2.75) is 6.54 Å². The van der Waals surface area contributed by atoms with E-state index in [-0.39, 0.29) is 18.1 Å². The van der Waals surface area contributed by atoms with Crippen molar-refractivity contribution in [3.8, 4) is 10.7 Å². The Morgan fingerprint density at radius 1 is 1.14 bits per heavy atom. The van der Waals surface area contributed by atoms with Crippen LogP contribution in [0.25, 0.3) is 10.7 Å². The van der Waals surface area contributed by atoms with E-state index in [4.69, 9.17) is 4.52 Å². The Morgan fingerprint density at radius 2 is 1.93 bits per heavy atom. The van der Waals surface area contributed by atoms with Crippen LogP contribution >= 0.6 is 11.3 Å². The molecule has 0 unspecified atom stereocenters. The van der Waals surface area contributed by atoms with E-state index in [9.17, 15) is 9.18 Å². The summed E-state index contributed by atoms with van der Waals surface area (Å²) in [5, 5.41) is 8.63. The molecule has 1 saturated heterocycles. The van der Waals surface area contributed by atoms with Gasteiger partial charge in [0, 0.05) is 26.2 Å². The maximum atomic E-state index is 13.6. The first-order valence-electron chi connectivity index (χ1n) is 9.03. The van der Waals surface area contributed by atoms with Crippen LogP contribution in [0.2, 0.25) is 0 Å². The number of hydrogen-bond donors (Lipinski definition) is 1. The fourth-order valence-corrected chi connectivity index (χ4v) is 3.73. The van der Waals surface area contributed by atoms with Crippen molar-refractivity contribution in [2.24, 2.45) is 0 Å². The number of rotatable bonds is 6. The van der Waals surface area contributed by atoms with Crippen LogP contribution in [-0.2, 0) is 11.3 Å². The van der Waals surface area contributed by atoms with Gasteiger partial charge in [-0.25, -0.2) is 4.39 Å². The maximum absolute atomic E-state index is 13.6. The Bertz CT molecular complexity index is 922. The third-order valence-corrected chi connectivity index (χ3v) is 5.41. The van der Waals surface area contributed by atoms with E-state index in [1.54, 1.807) is 29.5 Å². The van der Waals surface area contributed by atoms with E-state index < -0.39 is 5.82 Å². The van der Waals surface area contributed by atoms with Crippen LogP contribution < -0.4 is 5.32 Å². The van der Waals surface area contributed by atoms with Crippen molar-refractivity contribution in [3.05, 3.63) is 53.5 Å². The molecule has 1 fully saturated rings. The van der Waals surface area contributed by atoms with Crippen molar-refractivity contribution >= 4 is 22.9 Å². The molecule has 1 aliphatic heterocycles. The number of para-hydroxylation sites is 1. The summed E-state index contributed by atoms with van der Waals surface area (Å²) in [7, 11) is 0. The molecule has 0 aliphatic carbocycles. The second-order valence-corrected chi connectivity index (χ2v) is 7.52. The summed E-state index contributed by atoms with van der Waals surface area (Å²) in [4.78, 5) is 21.9. The van der Waals surface area contributed by atoms with Gasteiger partial charge < -0.3 is 9.84 Å². The number of benzene rings is 1. The van der Waals surface area contributed by atoms with Gasteiger partial charge in [0.25, 0.3) is 0 Å². The molecule has 146 valence electrons. The van der Waals surface area contributed by atoms with Crippen LogP contribution in [0, 0.1) is 5.82 Å². The maximum Gasteiger partial charge on any atom is 0.241 e. The Balaban J connectivity index is 1.23. The zero-order valence-corrected chi connectivity index (χ0v) is 16.0. The lowest BCUT2D eigenvalue weighted by Gasteiger charge is -2.33. The lowest BCUT2D eigenvalue weighted by molar-refractivity contribution is -0.117. The smallest absolute Gasteiger partial charge is 0.241 e. The number of nitrogens with zero attached hydrogens (tertiary/aromatic N) is 4. The molecule has 2 aromatic heterocycles. The minimum atomic E-state index is -0.429. The second kappa shape index (κ2) is 8.59. The van der Waals surface area contributed by atoms with Gasteiger partial charge in [0.2, 0.25) is 17.6 Å². The normalized spacial score (nSPS) is 15.6. The van der Waals surface area contributed by atoms with E-state index in [2.05, 4.69) is 25.3 Å². The first-order chi connectivity index (χ1) is 13.7. The quantitative estimate of drug-likeness (QED) is 0.685. The van der Waals surface area contributed by atoms with Gasteiger partial charge in [-0.2, -0.15) is 4.98 Å². The van der Waals surface area contributed by atoms with E-state index >= 15 is 0 Å². The molecule has 1 aromatic carbocycles. The topological polar surface area (TPSA) is 74.5 Å². The molecule has 0 atom stereocenters. The summed E-state index contributed by atoms with van der Waals surface area (Å²) >= 11 is 1.58. The van der Waals surface area contributed by atoms with Crippen molar-refractivity contribution in [1.29, 1.82) is 0 Å². The molecule has 1 N–H and O–H groups in total. The Morgan fingerprint density at radius 3 is 2.68 bits per heavy atom. The van der Waals surface area contributed by atoms with Crippen molar-refractivity contribution < 1.29 is 13.7 Å². The van der Waals surface area contributed by atoms with Crippen LogP contribution in [0.3, 0.4) is 0 Å². The van der Waals surface area contributed by atoms with Crippen LogP contribution in [0.5, 0.6) is 0 Å². The lowest BCUT2D eigenvalue weighted by Crippen LogP contribution is -2.48. The van der Waals surface area contributed by atoms with Crippen molar-refractivity contribution in [3.63, 3.8) is 0 Å². The summed E-state index contributed by atoms with van der Waals surface area (Å²) in [6, 6.07) is 10.1. The predicted molar refractivity (Wildman–Crippen MR) is 104 cm³/mol. The SMILES string of the molecule is O=C(CN1CCN(Cc2nc(-c3cccs3)no2)CC1)Nc1ccccc1F. The summed E-state index contributed by atoms with van der Waals surface area (Å²) in [6.07, 6.45) is 0. The van der Waals surface area contributed by atoms with E-state index in [1.807, 2.05) is 17.5 Å². The van der Waals surface area contributed by atoms with Crippen molar-refractivity contribution in [1.82, 2.24) is 19.9 Å². The van der Waals surface area contributed by atoms with Gasteiger partial charge in [-0.05, 0) is 23.6 Å². The van der Waals surface area contributed by atoms with Gasteiger partial charge >= 0.3 is 0 Å². The lowest BCUT2D eigenvalue weighted by atomic mass is 10.3. The number of nitrogens with one attached hydrogen (secondary N) is 1. The zero-order chi connectivity index (χ0) is 19.3. The number of thiophene rings is 1. The molecule has 1 aliphatic rings. The van der Waals surface area contributed by atoms with E-state index in [0.29, 0.717) is 18.3 Å². The molecular weight excluding hydrogens is 381 g/mol. The average molecular weight is 401 g/mol. The highest BCUT2D eigenvalue weighted by molar-refractivity contribution is 7.13. The Hall–Kier alpha value is -2.62. The number of halogens is 1. The average Bonchev–Trinajstić information content (AvgIpc) is 3.37.